The van der Waals surface area contributed by atoms with Gasteiger partial charge in [0.15, 0.2) is 11.6 Å². The molecule has 9 heteroatoms. The van der Waals surface area contributed by atoms with Gasteiger partial charge in [-0.2, -0.15) is 0 Å². The van der Waals surface area contributed by atoms with Crippen molar-refractivity contribution in [1.82, 2.24) is 9.62 Å². The maximum absolute atomic E-state index is 13.9. The molecule has 27 heavy (non-hydrogen) atoms. The largest absolute Gasteiger partial charge is 0.299 e. The van der Waals surface area contributed by atoms with E-state index in [0.717, 1.165) is 12.1 Å². The van der Waals surface area contributed by atoms with E-state index in [2.05, 4.69) is 20.7 Å². The first-order valence-electron chi connectivity index (χ1n) is 8.38. The second-order valence-electron chi connectivity index (χ2n) is 6.49. The lowest BCUT2D eigenvalue weighted by Crippen LogP contribution is -2.44. The molecule has 1 aliphatic heterocycles. The van der Waals surface area contributed by atoms with Gasteiger partial charge in [0.1, 0.15) is 10.7 Å². The van der Waals surface area contributed by atoms with Crippen molar-refractivity contribution < 1.29 is 21.6 Å². The lowest BCUT2D eigenvalue weighted by Gasteiger charge is -2.32. The lowest BCUT2D eigenvalue weighted by molar-refractivity contribution is 0.199. The van der Waals surface area contributed by atoms with Crippen LogP contribution in [-0.4, -0.2) is 32.4 Å². The molecule has 3 rings (SSSR count). The molecule has 0 spiro atoms. The Morgan fingerprint density at radius 2 is 1.67 bits per heavy atom. The summed E-state index contributed by atoms with van der Waals surface area (Å²) in [4.78, 5) is 1.65. The predicted molar refractivity (Wildman–Crippen MR) is 99.1 cm³/mol. The Labute approximate surface area is 164 Å². The number of piperidine rings is 1. The Kier molecular flexibility index (Phi) is 6.25. The van der Waals surface area contributed by atoms with Crippen LogP contribution >= 0.6 is 15.9 Å². The van der Waals surface area contributed by atoms with Gasteiger partial charge < -0.3 is 0 Å². The van der Waals surface area contributed by atoms with Crippen molar-refractivity contribution in [2.24, 2.45) is 0 Å². The van der Waals surface area contributed by atoms with E-state index in [-0.39, 0.29) is 10.9 Å². The maximum Gasteiger partial charge on any atom is 0.243 e. The van der Waals surface area contributed by atoms with Crippen molar-refractivity contribution >= 4 is 26.0 Å². The Balaban J connectivity index is 1.59. The van der Waals surface area contributed by atoms with Crippen LogP contribution in [-0.2, 0) is 16.6 Å². The average Bonchev–Trinajstić information content (AvgIpc) is 2.61. The minimum absolute atomic E-state index is 0.311. The highest BCUT2D eigenvalue weighted by Gasteiger charge is 2.26. The van der Waals surface area contributed by atoms with Gasteiger partial charge in [-0.25, -0.2) is 26.3 Å². The molecule has 0 saturated carbocycles. The number of halogens is 4. The van der Waals surface area contributed by atoms with Gasteiger partial charge in [-0.1, -0.05) is 22.0 Å². The summed E-state index contributed by atoms with van der Waals surface area (Å²) in [7, 11) is -3.96. The number of benzene rings is 2. The molecular formula is C18H18BrF3N2O2S. The van der Waals surface area contributed by atoms with Gasteiger partial charge in [-0.05, 0) is 48.7 Å². The highest BCUT2D eigenvalue weighted by molar-refractivity contribution is 9.10. The van der Waals surface area contributed by atoms with E-state index in [1.807, 2.05) is 4.90 Å². The summed E-state index contributed by atoms with van der Waals surface area (Å²) in [5.41, 5.74) is 0.657. The molecule has 4 nitrogen and oxygen atoms in total. The minimum Gasteiger partial charge on any atom is -0.299 e. The van der Waals surface area contributed by atoms with Crippen molar-refractivity contribution in [2.75, 3.05) is 13.1 Å². The van der Waals surface area contributed by atoms with Crippen LogP contribution in [0.2, 0.25) is 0 Å². The fourth-order valence-electron chi connectivity index (χ4n) is 3.07. The second-order valence-corrected chi connectivity index (χ2v) is 9.09. The van der Waals surface area contributed by atoms with Gasteiger partial charge in [0.2, 0.25) is 10.0 Å². The van der Waals surface area contributed by atoms with Crippen LogP contribution in [0.25, 0.3) is 0 Å². The van der Waals surface area contributed by atoms with Crippen LogP contribution in [0.3, 0.4) is 0 Å². The fraction of sp³-hybridized carbons (Fsp3) is 0.333. The third-order valence-corrected chi connectivity index (χ3v) is 6.51. The van der Waals surface area contributed by atoms with E-state index < -0.39 is 27.5 Å². The molecule has 1 saturated heterocycles. The van der Waals surface area contributed by atoms with Crippen LogP contribution in [0, 0.1) is 17.5 Å². The highest BCUT2D eigenvalue weighted by atomic mass is 79.9. The second kappa shape index (κ2) is 8.30. The Bertz CT molecular complexity index is 932. The summed E-state index contributed by atoms with van der Waals surface area (Å²) < 4.78 is 68.1. The molecule has 0 bridgehead atoms. The molecule has 2 aromatic rings. The zero-order valence-electron chi connectivity index (χ0n) is 14.3. The Hall–Kier alpha value is -1.42. The molecule has 1 fully saturated rings. The van der Waals surface area contributed by atoms with E-state index in [1.165, 1.54) is 24.3 Å². The van der Waals surface area contributed by atoms with Crippen LogP contribution in [0.1, 0.15) is 18.4 Å². The van der Waals surface area contributed by atoms with Gasteiger partial charge in [0.25, 0.3) is 0 Å². The number of hydrogen-bond donors (Lipinski definition) is 1. The molecule has 1 heterocycles. The smallest absolute Gasteiger partial charge is 0.243 e. The summed E-state index contributed by atoms with van der Waals surface area (Å²) in [5.74, 6) is -2.57. The molecule has 2 aromatic carbocycles. The molecule has 1 aliphatic rings. The van der Waals surface area contributed by atoms with E-state index in [4.69, 9.17) is 0 Å². The van der Waals surface area contributed by atoms with E-state index in [1.54, 1.807) is 0 Å². The first kappa shape index (κ1) is 20.3. The number of nitrogens with zero attached hydrogens (tertiary/aromatic N) is 1. The molecule has 0 aromatic heterocycles. The van der Waals surface area contributed by atoms with Crippen molar-refractivity contribution in [3.05, 3.63) is 63.9 Å². The fourth-order valence-corrected chi connectivity index (χ4v) is 4.99. The van der Waals surface area contributed by atoms with Crippen LogP contribution in [0.15, 0.2) is 45.8 Å². The summed E-state index contributed by atoms with van der Waals surface area (Å²) in [6.07, 6.45) is 1.08. The van der Waals surface area contributed by atoms with Crippen molar-refractivity contribution in [3.63, 3.8) is 0 Å². The van der Waals surface area contributed by atoms with Gasteiger partial charge >= 0.3 is 0 Å². The Morgan fingerprint density at radius 1 is 1.00 bits per heavy atom. The normalized spacial score (nSPS) is 16.6. The SMILES string of the molecule is O=S(=O)(NC1CCN(Cc2ccc(F)c(F)c2)CC1)c1cc(Br)ccc1F. The number of sulfonamides is 1. The van der Waals surface area contributed by atoms with Gasteiger partial charge in [-0.3, -0.25) is 4.90 Å². The molecule has 0 aliphatic carbocycles. The van der Waals surface area contributed by atoms with E-state index in [9.17, 15) is 21.6 Å². The molecule has 146 valence electrons. The summed E-state index contributed by atoms with van der Waals surface area (Å²) in [6.45, 7) is 1.64. The zero-order chi connectivity index (χ0) is 19.6. The molecule has 0 amide bonds. The van der Waals surface area contributed by atoms with Crippen molar-refractivity contribution in [3.8, 4) is 0 Å². The Morgan fingerprint density at radius 3 is 2.33 bits per heavy atom. The van der Waals surface area contributed by atoms with Gasteiger partial charge in [0.05, 0.1) is 0 Å². The van der Waals surface area contributed by atoms with Crippen LogP contribution in [0.5, 0.6) is 0 Å². The zero-order valence-corrected chi connectivity index (χ0v) is 16.7. The molecule has 0 atom stereocenters. The van der Waals surface area contributed by atoms with Crippen LogP contribution in [0.4, 0.5) is 13.2 Å². The van der Waals surface area contributed by atoms with E-state index in [0.29, 0.717) is 42.5 Å². The van der Waals surface area contributed by atoms with E-state index >= 15 is 0 Å². The standard InChI is InChI=1S/C18H18BrF3N2O2S/c19-13-2-4-16(21)18(10-13)27(25,26)23-14-5-7-24(8-6-14)11-12-1-3-15(20)17(22)9-12/h1-4,9-10,14,23H,5-8,11H2. The number of nitrogens with one attached hydrogen (secondary N) is 1. The van der Waals surface area contributed by atoms with Crippen molar-refractivity contribution in [1.29, 1.82) is 0 Å². The molecule has 0 radical (unpaired) electrons. The molecule has 1 N–H and O–H groups in total. The van der Waals surface area contributed by atoms with Gasteiger partial charge in [0, 0.05) is 30.1 Å². The summed E-state index contributed by atoms with van der Waals surface area (Å²) in [5, 5.41) is 0. The monoisotopic (exact) mass is 462 g/mol. The topological polar surface area (TPSA) is 49.4 Å². The summed E-state index contributed by atoms with van der Waals surface area (Å²) in [6, 6.07) is 7.25. The highest BCUT2D eigenvalue weighted by Crippen LogP contribution is 2.22. The van der Waals surface area contributed by atoms with Crippen LogP contribution < -0.4 is 4.72 Å². The average molecular weight is 463 g/mol. The number of hydrogen-bond acceptors (Lipinski definition) is 3. The summed E-state index contributed by atoms with van der Waals surface area (Å²) >= 11 is 3.15. The molecule has 0 unspecified atom stereocenters. The third kappa shape index (κ3) is 5.10. The lowest BCUT2D eigenvalue weighted by atomic mass is 10.1. The number of likely N-dealkylation sites (tertiary alicyclic amines) is 1. The minimum atomic E-state index is -3.96. The first-order chi connectivity index (χ1) is 12.7. The van der Waals surface area contributed by atoms with Crippen molar-refractivity contribution in [2.45, 2.75) is 30.3 Å². The maximum atomic E-state index is 13.9. The third-order valence-electron chi connectivity index (χ3n) is 4.48. The predicted octanol–water partition coefficient (Wildman–Crippen LogP) is 3.81. The number of rotatable bonds is 5. The first-order valence-corrected chi connectivity index (χ1v) is 10.7. The molecular weight excluding hydrogens is 445 g/mol. The quantitative estimate of drug-likeness (QED) is 0.734. The van der Waals surface area contributed by atoms with Gasteiger partial charge in [-0.15, -0.1) is 0 Å².